The number of rotatable bonds is 5. The number of nitrogens with zero attached hydrogens (tertiary/aromatic N) is 3. The van der Waals surface area contributed by atoms with Gasteiger partial charge in [0, 0.05) is 50.8 Å². The van der Waals surface area contributed by atoms with Crippen LogP contribution in [-0.2, 0) is 32.5 Å². The molecule has 0 aromatic heterocycles. The molecule has 0 radical (unpaired) electrons. The Kier molecular flexibility index (Phi) is 11.5. The first kappa shape index (κ1) is 51.6. The van der Waals surface area contributed by atoms with Gasteiger partial charge in [-0.1, -0.05) is 218 Å². The number of fused-ring (bicyclic) bond motifs is 8. The third-order valence-electron chi connectivity index (χ3n) is 20.1. The van der Waals surface area contributed by atoms with Crippen molar-refractivity contribution >= 4 is 68.6 Å². The first-order valence-electron chi connectivity index (χ1n) is 29.8. The fraction of sp³-hybridized carbons (Fsp3) is 0.360. The number of anilines is 8. The van der Waals surface area contributed by atoms with Gasteiger partial charge in [0.1, 0.15) is 0 Å². The molecular formula is C75H82BN3. The Morgan fingerprint density at radius 3 is 1.58 bits per heavy atom. The molecule has 79 heavy (non-hydrogen) atoms. The van der Waals surface area contributed by atoms with Crippen LogP contribution in [0.5, 0.6) is 0 Å². The summed E-state index contributed by atoms with van der Waals surface area (Å²) < 4.78 is 0. The van der Waals surface area contributed by atoms with Crippen LogP contribution in [0.15, 0.2) is 170 Å². The summed E-state index contributed by atoms with van der Waals surface area (Å²) in [6.45, 7) is 33.9. The third kappa shape index (κ3) is 7.80. The van der Waals surface area contributed by atoms with Crippen molar-refractivity contribution in [3.05, 3.63) is 209 Å². The van der Waals surface area contributed by atoms with Crippen molar-refractivity contribution < 1.29 is 0 Å². The van der Waals surface area contributed by atoms with E-state index >= 15 is 0 Å². The molecule has 0 N–H and O–H groups in total. The van der Waals surface area contributed by atoms with Crippen molar-refractivity contribution in [1.82, 2.24) is 0 Å². The first-order valence-corrected chi connectivity index (χ1v) is 29.8. The van der Waals surface area contributed by atoms with Crippen LogP contribution in [0.1, 0.15) is 174 Å². The lowest BCUT2D eigenvalue weighted by molar-refractivity contribution is 0.215. The quantitative estimate of drug-likeness (QED) is 0.159. The summed E-state index contributed by atoms with van der Waals surface area (Å²) in [5.74, 6) is 0. The molecule has 3 aliphatic heterocycles. The molecule has 0 saturated heterocycles. The molecule has 0 spiro atoms. The highest BCUT2D eigenvalue weighted by Crippen LogP contribution is 2.65. The fourth-order valence-electron chi connectivity index (χ4n) is 15.4. The summed E-state index contributed by atoms with van der Waals surface area (Å²) in [4.78, 5) is 8.23. The maximum absolute atomic E-state index is 2.87. The Hall–Kier alpha value is -6.78. The van der Waals surface area contributed by atoms with Gasteiger partial charge in [-0.3, -0.25) is 0 Å². The van der Waals surface area contributed by atoms with E-state index in [1.807, 2.05) is 0 Å². The molecule has 4 heteroatoms. The molecule has 5 aliphatic rings. The molecule has 0 amide bonds. The lowest BCUT2D eigenvalue weighted by Crippen LogP contribution is -2.62. The van der Waals surface area contributed by atoms with Gasteiger partial charge in [-0.2, -0.15) is 0 Å². The molecule has 400 valence electrons. The Morgan fingerprint density at radius 1 is 0.392 bits per heavy atom. The minimum Gasteiger partial charge on any atom is -0.334 e. The Bertz CT molecular complexity index is 3720. The normalized spacial score (nSPS) is 20.7. The predicted molar refractivity (Wildman–Crippen MR) is 340 cm³/mol. The molecule has 13 rings (SSSR count). The van der Waals surface area contributed by atoms with Crippen LogP contribution in [0.4, 0.5) is 45.5 Å². The lowest BCUT2D eigenvalue weighted by atomic mass is 9.33. The average Bonchev–Trinajstić information content (AvgIpc) is 2.67. The summed E-state index contributed by atoms with van der Waals surface area (Å²) in [5.41, 5.74) is 26.1. The van der Waals surface area contributed by atoms with Crippen molar-refractivity contribution in [2.45, 2.75) is 173 Å². The van der Waals surface area contributed by atoms with Gasteiger partial charge in [0.25, 0.3) is 6.71 Å². The van der Waals surface area contributed by atoms with Crippen LogP contribution in [0.3, 0.4) is 0 Å². The second kappa shape index (κ2) is 17.6. The maximum atomic E-state index is 2.87. The van der Waals surface area contributed by atoms with Gasteiger partial charge in [0.2, 0.25) is 0 Å². The minimum atomic E-state index is -0.298. The lowest BCUT2D eigenvalue weighted by Gasteiger charge is -2.53. The van der Waals surface area contributed by atoms with Crippen LogP contribution in [0.25, 0.3) is 11.1 Å². The maximum Gasteiger partial charge on any atom is 0.252 e. The van der Waals surface area contributed by atoms with Crippen molar-refractivity contribution in [3.8, 4) is 11.1 Å². The average molecular weight is 1040 g/mol. The minimum absolute atomic E-state index is 0.000923. The van der Waals surface area contributed by atoms with E-state index in [4.69, 9.17) is 0 Å². The van der Waals surface area contributed by atoms with Crippen molar-refractivity contribution in [2.24, 2.45) is 0 Å². The number of hydrogen-bond acceptors (Lipinski definition) is 3. The van der Waals surface area contributed by atoms with Crippen LogP contribution in [0, 0.1) is 0 Å². The predicted octanol–water partition coefficient (Wildman–Crippen LogP) is 18.4. The summed E-state index contributed by atoms with van der Waals surface area (Å²) >= 11 is 0. The zero-order valence-electron chi connectivity index (χ0n) is 49.8. The van der Waals surface area contributed by atoms with E-state index in [-0.39, 0.29) is 44.7 Å². The molecule has 2 atom stereocenters. The van der Waals surface area contributed by atoms with Crippen molar-refractivity contribution in [1.29, 1.82) is 0 Å². The highest BCUT2D eigenvalue weighted by molar-refractivity contribution is 7.00. The molecule has 8 aromatic carbocycles. The number of benzene rings is 8. The van der Waals surface area contributed by atoms with E-state index in [9.17, 15) is 0 Å². The van der Waals surface area contributed by atoms with Crippen LogP contribution in [-0.4, -0.2) is 12.3 Å². The molecule has 2 unspecified atom stereocenters. The fourth-order valence-corrected chi connectivity index (χ4v) is 15.4. The Balaban J connectivity index is 1.18. The van der Waals surface area contributed by atoms with Crippen molar-refractivity contribution in [2.75, 3.05) is 14.7 Å². The van der Waals surface area contributed by atoms with E-state index in [0.29, 0.717) is 0 Å². The molecule has 1 saturated carbocycles. The van der Waals surface area contributed by atoms with E-state index in [2.05, 4.69) is 281 Å². The molecule has 2 aliphatic carbocycles. The molecule has 0 bridgehead atoms. The zero-order valence-corrected chi connectivity index (χ0v) is 49.8. The SMILES string of the molecule is CC(C)(C)c1ccc(C23CCCCC2(C)N(c2cc4c5c(c2)N(c2ccc(C(C)(C)C)cc2-c2ccccc2)c2cc6c(cc2B5c2ccccc2N4c2ccccc2)C(C)(C)CCC6(C)C)c2ccc(C(C)(C)C)cc23)cc1. The molecule has 1 fully saturated rings. The van der Waals surface area contributed by atoms with Gasteiger partial charge in [0.15, 0.2) is 0 Å². The van der Waals surface area contributed by atoms with Gasteiger partial charge in [-0.25, -0.2) is 0 Å². The molecule has 3 nitrogen and oxygen atoms in total. The largest absolute Gasteiger partial charge is 0.334 e. The second-order valence-corrected chi connectivity index (χ2v) is 29.0. The number of para-hydroxylation sites is 2. The second-order valence-electron chi connectivity index (χ2n) is 29.0. The molecule has 3 heterocycles. The molecular weight excluding hydrogens is 954 g/mol. The zero-order chi connectivity index (χ0) is 55.4. The third-order valence-corrected chi connectivity index (χ3v) is 20.1. The van der Waals surface area contributed by atoms with Crippen LogP contribution < -0.4 is 31.1 Å². The topological polar surface area (TPSA) is 9.72 Å². The summed E-state index contributed by atoms with van der Waals surface area (Å²) in [6.07, 6.45) is 6.84. The summed E-state index contributed by atoms with van der Waals surface area (Å²) in [7, 11) is 0. The van der Waals surface area contributed by atoms with Gasteiger partial charge in [-0.15, -0.1) is 0 Å². The smallest absolute Gasteiger partial charge is 0.252 e. The summed E-state index contributed by atoms with van der Waals surface area (Å²) in [5, 5.41) is 0. The number of hydrogen-bond donors (Lipinski definition) is 0. The van der Waals surface area contributed by atoms with Crippen LogP contribution in [0.2, 0.25) is 0 Å². The highest BCUT2D eigenvalue weighted by atomic mass is 15.3. The van der Waals surface area contributed by atoms with Gasteiger partial charge in [-0.05, 0) is 175 Å². The molecule has 8 aromatic rings. The first-order chi connectivity index (χ1) is 37.4. The van der Waals surface area contributed by atoms with Gasteiger partial charge < -0.3 is 14.7 Å². The van der Waals surface area contributed by atoms with Crippen molar-refractivity contribution in [3.63, 3.8) is 0 Å². The van der Waals surface area contributed by atoms with Gasteiger partial charge in [0.05, 0.1) is 11.2 Å². The monoisotopic (exact) mass is 1040 g/mol. The Morgan fingerprint density at radius 2 is 0.937 bits per heavy atom. The van der Waals surface area contributed by atoms with Gasteiger partial charge >= 0.3 is 0 Å². The highest BCUT2D eigenvalue weighted by Gasteiger charge is 2.62. The standard InChI is InChI=1S/C75H82BN3/c1-69(2,3)50-31-33-51(34-32-50)75-40-24-23-39-74(75,14)79(63-38-36-53(44-59(63)75)71(7,8)9)55-45-66-68-67(46-55)78(62-37-35-52(70(4,5)6)43-56(62)49-25-17-15-18-26-49)65-48-58-57(72(10,11)41-42-73(58,12)13)47-61(65)76(68)60-29-21-22-30-64(60)77(66)54-27-19-16-20-28-54/h15-22,25-38,43-48H,23-24,39-42H2,1-14H3. The summed E-state index contributed by atoms with van der Waals surface area (Å²) in [6, 6.07) is 67.4. The van der Waals surface area contributed by atoms with E-state index < -0.39 is 0 Å². The Labute approximate surface area is 474 Å². The van der Waals surface area contributed by atoms with E-state index in [1.54, 1.807) is 0 Å². The van der Waals surface area contributed by atoms with Crippen LogP contribution >= 0.6 is 0 Å². The van der Waals surface area contributed by atoms with E-state index in [1.165, 1.54) is 125 Å². The van der Waals surface area contributed by atoms with E-state index in [0.717, 1.165) is 25.7 Å².